The SMILES string of the molecule is COc1ccc(-c2cc(-c3cc(OC)c(OC)c(OC)c3)c(C#N)c(N3CCOCC3)n2)cc1O. The van der Waals surface area contributed by atoms with Crippen LogP contribution in [0.2, 0.25) is 0 Å². The van der Waals surface area contributed by atoms with Crippen molar-refractivity contribution in [2.75, 3.05) is 59.6 Å². The van der Waals surface area contributed by atoms with Crippen LogP contribution < -0.4 is 23.8 Å². The van der Waals surface area contributed by atoms with Crippen LogP contribution in [0.15, 0.2) is 36.4 Å². The van der Waals surface area contributed by atoms with Crippen LogP contribution in [-0.4, -0.2) is 64.8 Å². The van der Waals surface area contributed by atoms with Crippen molar-refractivity contribution in [1.82, 2.24) is 4.98 Å². The second-order valence-corrected chi connectivity index (χ2v) is 7.77. The van der Waals surface area contributed by atoms with Crippen LogP contribution in [0.5, 0.6) is 28.7 Å². The summed E-state index contributed by atoms with van der Waals surface area (Å²) in [6.45, 7) is 2.29. The van der Waals surface area contributed by atoms with Gasteiger partial charge in [-0.2, -0.15) is 5.26 Å². The highest BCUT2D eigenvalue weighted by molar-refractivity contribution is 5.83. The summed E-state index contributed by atoms with van der Waals surface area (Å²) in [4.78, 5) is 6.89. The van der Waals surface area contributed by atoms with Gasteiger partial charge in [-0.05, 0) is 42.0 Å². The largest absolute Gasteiger partial charge is 0.504 e. The standard InChI is InChI=1S/C26H27N3O6/c1-31-22-6-5-16(11-21(22)30)20-14-18(17-12-23(32-2)25(34-4)24(13-17)33-3)19(15-27)26(28-20)29-7-9-35-10-8-29/h5-6,11-14,30H,7-10H2,1-4H3. The molecule has 9 nitrogen and oxygen atoms in total. The number of aromatic hydroxyl groups is 1. The van der Waals surface area contributed by atoms with Crippen LogP contribution in [0, 0.1) is 11.3 Å². The Hall–Kier alpha value is -4.16. The zero-order valence-electron chi connectivity index (χ0n) is 20.1. The third-order valence-corrected chi connectivity index (χ3v) is 5.87. The van der Waals surface area contributed by atoms with E-state index in [0.717, 1.165) is 0 Å². The van der Waals surface area contributed by atoms with Crippen molar-refractivity contribution in [2.45, 2.75) is 0 Å². The zero-order chi connectivity index (χ0) is 24.9. The second kappa shape index (κ2) is 10.4. The summed E-state index contributed by atoms with van der Waals surface area (Å²) in [5, 5.41) is 20.6. The van der Waals surface area contributed by atoms with Gasteiger partial charge in [0.15, 0.2) is 23.0 Å². The number of nitriles is 1. The predicted octanol–water partition coefficient (Wildman–Crippen LogP) is 3.86. The number of hydrogen-bond acceptors (Lipinski definition) is 9. The lowest BCUT2D eigenvalue weighted by Crippen LogP contribution is -2.37. The van der Waals surface area contributed by atoms with E-state index < -0.39 is 0 Å². The van der Waals surface area contributed by atoms with Crippen LogP contribution in [0.4, 0.5) is 5.82 Å². The minimum atomic E-state index is -0.00146. The summed E-state index contributed by atoms with van der Waals surface area (Å²) in [7, 11) is 6.12. The van der Waals surface area contributed by atoms with E-state index in [1.807, 2.05) is 17.0 Å². The number of morpholine rings is 1. The van der Waals surface area contributed by atoms with E-state index in [-0.39, 0.29) is 5.75 Å². The van der Waals surface area contributed by atoms with Gasteiger partial charge in [-0.15, -0.1) is 0 Å². The fourth-order valence-electron chi connectivity index (χ4n) is 4.11. The van der Waals surface area contributed by atoms with Gasteiger partial charge in [0.05, 0.1) is 47.3 Å². The molecular formula is C26H27N3O6. The molecule has 9 heteroatoms. The minimum absolute atomic E-state index is 0.00146. The Labute approximate surface area is 204 Å². The molecule has 2 heterocycles. The zero-order valence-corrected chi connectivity index (χ0v) is 20.1. The summed E-state index contributed by atoms with van der Waals surface area (Å²) in [5.74, 6) is 2.31. The van der Waals surface area contributed by atoms with Crippen molar-refractivity contribution in [3.63, 3.8) is 0 Å². The molecule has 0 bridgehead atoms. The molecule has 0 radical (unpaired) electrons. The summed E-state index contributed by atoms with van der Waals surface area (Å²) in [6.07, 6.45) is 0. The molecule has 2 aromatic carbocycles. The molecule has 0 saturated carbocycles. The number of phenols is 1. The molecule has 0 spiro atoms. The third-order valence-electron chi connectivity index (χ3n) is 5.87. The number of rotatable bonds is 7. The molecule has 1 N–H and O–H groups in total. The predicted molar refractivity (Wildman–Crippen MR) is 131 cm³/mol. The Bertz CT molecular complexity index is 1240. The first-order valence-corrected chi connectivity index (χ1v) is 11.0. The number of ether oxygens (including phenoxy) is 5. The average Bonchev–Trinajstić information content (AvgIpc) is 2.91. The van der Waals surface area contributed by atoms with Crippen molar-refractivity contribution in [1.29, 1.82) is 5.26 Å². The monoisotopic (exact) mass is 477 g/mol. The first kappa shape index (κ1) is 24.0. The number of benzene rings is 2. The molecule has 1 aliphatic rings. The fraction of sp³-hybridized carbons (Fsp3) is 0.308. The van der Waals surface area contributed by atoms with Crippen molar-refractivity contribution < 1.29 is 28.8 Å². The molecule has 1 aromatic heterocycles. The summed E-state index contributed by atoms with van der Waals surface area (Å²) < 4.78 is 27.2. The van der Waals surface area contributed by atoms with E-state index in [9.17, 15) is 10.4 Å². The van der Waals surface area contributed by atoms with Crippen molar-refractivity contribution in [3.8, 4) is 57.2 Å². The van der Waals surface area contributed by atoms with Crippen LogP contribution in [0.25, 0.3) is 22.4 Å². The minimum Gasteiger partial charge on any atom is -0.504 e. The first-order valence-electron chi connectivity index (χ1n) is 11.0. The average molecular weight is 478 g/mol. The quantitative estimate of drug-likeness (QED) is 0.543. The summed E-state index contributed by atoms with van der Waals surface area (Å²) >= 11 is 0. The van der Waals surface area contributed by atoms with Gasteiger partial charge < -0.3 is 33.7 Å². The fourth-order valence-corrected chi connectivity index (χ4v) is 4.11. The third kappa shape index (κ3) is 4.61. The van der Waals surface area contributed by atoms with Gasteiger partial charge >= 0.3 is 0 Å². The lowest BCUT2D eigenvalue weighted by Gasteiger charge is -2.29. The van der Waals surface area contributed by atoms with E-state index in [1.165, 1.54) is 14.2 Å². The molecule has 1 saturated heterocycles. The van der Waals surface area contributed by atoms with Gasteiger partial charge in [0.1, 0.15) is 17.5 Å². The van der Waals surface area contributed by atoms with Crippen molar-refractivity contribution in [2.24, 2.45) is 0 Å². The topological polar surface area (TPSA) is 106 Å². The van der Waals surface area contributed by atoms with Gasteiger partial charge in [-0.25, -0.2) is 4.98 Å². The Morgan fingerprint density at radius 1 is 0.886 bits per heavy atom. The molecular weight excluding hydrogens is 450 g/mol. The molecule has 1 aliphatic heterocycles. The highest BCUT2D eigenvalue weighted by Gasteiger charge is 2.24. The smallest absolute Gasteiger partial charge is 0.203 e. The molecule has 1 fully saturated rings. The van der Waals surface area contributed by atoms with Crippen molar-refractivity contribution in [3.05, 3.63) is 42.0 Å². The van der Waals surface area contributed by atoms with Gasteiger partial charge in [0.2, 0.25) is 5.75 Å². The van der Waals surface area contributed by atoms with E-state index in [1.54, 1.807) is 38.5 Å². The Balaban J connectivity index is 1.98. The number of phenolic OH excluding ortho intramolecular Hbond substituents is 1. The highest BCUT2D eigenvalue weighted by Crippen LogP contribution is 2.44. The van der Waals surface area contributed by atoms with Crippen LogP contribution in [0.3, 0.4) is 0 Å². The van der Waals surface area contributed by atoms with E-state index in [4.69, 9.17) is 28.7 Å². The number of aromatic nitrogens is 1. The number of hydrogen-bond donors (Lipinski definition) is 1. The molecule has 0 aliphatic carbocycles. The Morgan fingerprint density at radius 2 is 1.54 bits per heavy atom. The maximum Gasteiger partial charge on any atom is 0.203 e. The van der Waals surface area contributed by atoms with Gasteiger partial charge in [-0.1, -0.05) is 0 Å². The van der Waals surface area contributed by atoms with E-state index >= 15 is 0 Å². The van der Waals surface area contributed by atoms with Crippen LogP contribution in [-0.2, 0) is 4.74 Å². The number of pyridine rings is 1. The number of anilines is 1. The Morgan fingerprint density at radius 3 is 2.09 bits per heavy atom. The lowest BCUT2D eigenvalue weighted by atomic mass is 9.97. The normalized spacial score (nSPS) is 13.2. The van der Waals surface area contributed by atoms with E-state index in [2.05, 4.69) is 6.07 Å². The summed E-state index contributed by atoms with van der Waals surface area (Å²) in [5.41, 5.74) is 3.03. The Kier molecular flexibility index (Phi) is 7.13. The molecule has 4 rings (SSSR count). The van der Waals surface area contributed by atoms with Crippen molar-refractivity contribution >= 4 is 5.82 Å². The maximum absolute atomic E-state index is 10.4. The lowest BCUT2D eigenvalue weighted by molar-refractivity contribution is 0.122. The molecule has 0 unspecified atom stereocenters. The van der Waals surface area contributed by atoms with Gasteiger partial charge in [0.25, 0.3) is 0 Å². The molecule has 3 aromatic rings. The van der Waals surface area contributed by atoms with Crippen LogP contribution >= 0.6 is 0 Å². The molecule has 0 amide bonds. The molecule has 0 atom stereocenters. The maximum atomic E-state index is 10.4. The number of methoxy groups -OCH3 is 4. The second-order valence-electron chi connectivity index (χ2n) is 7.77. The van der Waals surface area contributed by atoms with Crippen LogP contribution in [0.1, 0.15) is 5.56 Å². The van der Waals surface area contributed by atoms with E-state index in [0.29, 0.717) is 83.1 Å². The number of nitrogens with zero attached hydrogens (tertiary/aromatic N) is 3. The molecule has 35 heavy (non-hydrogen) atoms. The molecule has 182 valence electrons. The first-order chi connectivity index (χ1) is 17.0. The van der Waals surface area contributed by atoms with Gasteiger partial charge in [0, 0.05) is 24.2 Å². The highest BCUT2D eigenvalue weighted by atomic mass is 16.5. The van der Waals surface area contributed by atoms with Gasteiger partial charge in [-0.3, -0.25) is 0 Å². The summed E-state index contributed by atoms with van der Waals surface area (Å²) in [6, 6.07) is 12.9.